The van der Waals surface area contributed by atoms with Crippen LogP contribution in [0.5, 0.6) is 0 Å². The summed E-state index contributed by atoms with van der Waals surface area (Å²) in [5, 5.41) is 20.4. The largest absolute Gasteiger partial charge is 0.395 e. The van der Waals surface area contributed by atoms with Crippen LogP contribution in [0, 0.1) is 10.1 Å². The number of rotatable bonds is 5. The number of anilines is 2. The van der Waals surface area contributed by atoms with Gasteiger partial charge in [0, 0.05) is 12.6 Å². The summed E-state index contributed by atoms with van der Waals surface area (Å²) in [7, 11) is 0. The maximum atomic E-state index is 11.1. The van der Waals surface area contributed by atoms with Crippen molar-refractivity contribution in [1.29, 1.82) is 0 Å². The van der Waals surface area contributed by atoms with Crippen LogP contribution in [0.4, 0.5) is 17.5 Å². The van der Waals surface area contributed by atoms with Crippen molar-refractivity contribution < 1.29 is 10.0 Å². The highest BCUT2D eigenvalue weighted by molar-refractivity contribution is 5.59. The van der Waals surface area contributed by atoms with Crippen LogP contribution < -0.4 is 10.6 Å². The summed E-state index contributed by atoms with van der Waals surface area (Å²) in [6, 6.07) is 0.156. The number of aromatic nitrogens is 2. The van der Waals surface area contributed by atoms with Gasteiger partial charge in [-0.2, -0.15) is 4.98 Å². The third-order valence-electron chi connectivity index (χ3n) is 3.59. The standard InChI is InChI=1S/C12H19N5O3/c13-12-14-8-10(17(19)20)11(15-12)16(6-7-18)9-4-2-1-3-5-9/h8-9,18H,1-7H2,(H2,13,14,15). The number of aliphatic hydroxyl groups is 1. The average molecular weight is 281 g/mol. The molecule has 1 aromatic heterocycles. The van der Waals surface area contributed by atoms with E-state index in [1.807, 2.05) is 0 Å². The lowest BCUT2D eigenvalue weighted by atomic mass is 9.94. The van der Waals surface area contributed by atoms with Crippen LogP contribution in [0.3, 0.4) is 0 Å². The molecule has 0 bridgehead atoms. The molecule has 0 unspecified atom stereocenters. The first-order valence-corrected chi connectivity index (χ1v) is 6.78. The van der Waals surface area contributed by atoms with Crippen molar-refractivity contribution in [2.75, 3.05) is 23.8 Å². The Labute approximate surface area is 116 Å². The molecule has 0 radical (unpaired) electrons. The van der Waals surface area contributed by atoms with Gasteiger partial charge in [-0.05, 0) is 12.8 Å². The third-order valence-corrected chi connectivity index (χ3v) is 3.59. The molecule has 1 aliphatic carbocycles. The molecule has 110 valence electrons. The Morgan fingerprint density at radius 2 is 2.15 bits per heavy atom. The third kappa shape index (κ3) is 3.13. The fourth-order valence-corrected chi connectivity index (χ4v) is 2.68. The zero-order valence-corrected chi connectivity index (χ0v) is 11.2. The van der Waals surface area contributed by atoms with Crippen molar-refractivity contribution in [3.63, 3.8) is 0 Å². The second kappa shape index (κ2) is 6.47. The van der Waals surface area contributed by atoms with E-state index < -0.39 is 4.92 Å². The van der Waals surface area contributed by atoms with E-state index in [4.69, 9.17) is 5.73 Å². The summed E-state index contributed by atoms with van der Waals surface area (Å²) in [4.78, 5) is 20.1. The van der Waals surface area contributed by atoms with Gasteiger partial charge in [0.1, 0.15) is 6.20 Å². The molecule has 0 amide bonds. The van der Waals surface area contributed by atoms with E-state index in [0.717, 1.165) is 31.9 Å². The summed E-state index contributed by atoms with van der Waals surface area (Å²) in [5.41, 5.74) is 5.39. The molecule has 20 heavy (non-hydrogen) atoms. The van der Waals surface area contributed by atoms with Crippen LogP contribution in [-0.2, 0) is 0 Å². The van der Waals surface area contributed by atoms with Gasteiger partial charge in [-0.15, -0.1) is 0 Å². The first-order valence-electron chi connectivity index (χ1n) is 6.78. The number of nitrogen functional groups attached to an aromatic ring is 1. The molecule has 0 aliphatic heterocycles. The first kappa shape index (κ1) is 14.4. The smallest absolute Gasteiger partial charge is 0.329 e. The SMILES string of the molecule is Nc1ncc([N+](=O)[O-])c(N(CCO)C2CCCCC2)n1. The number of hydrogen-bond donors (Lipinski definition) is 2. The quantitative estimate of drug-likeness (QED) is 0.612. The van der Waals surface area contributed by atoms with Crippen LogP contribution in [0.1, 0.15) is 32.1 Å². The topological polar surface area (TPSA) is 118 Å². The monoisotopic (exact) mass is 281 g/mol. The van der Waals surface area contributed by atoms with Gasteiger partial charge in [0.05, 0.1) is 11.5 Å². The van der Waals surface area contributed by atoms with E-state index in [9.17, 15) is 15.2 Å². The predicted octanol–water partition coefficient (Wildman–Crippen LogP) is 1.10. The molecule has 3 N–H and O–H groups in total. The molecule has 0 aromatic carbocycles. The molecule has 0 atom stereocenters. The van der Waals surface area contributed by atoms with Crippen molar-refractivity contribution in [3.8, 4) is 0 Å². The van der Waals surface area contributed by atoms with Gasteiger partial charge in [0.15, 0.2) is 0 Å². The molecule has 2 rings (SSSR count). The van der Waals surface area contributed by atoms with Crippen molar-refractivity contribution in [3.05, 3.63) is 16.3 Å². The Morgan fingerprint density at radius 1 is 1.45 bits per heavy atom. The van der Waals surface area contributed by atoms with E-state index in [1.165, 1.54) is 6.42 Å². The van der Waals surface area contributed by atoms with Gasteiger partial charge in [0.2, 0.25) is 11.8 Å². The van der Waals surface area contributed by atoms with Crippen LogP contribution in [-0.4, -0.2) is 39.2 Å². The van der Waals surface area contributed by atoms with Crippen molar-refractivity contribution in [1.82, 2.24) is 9.97 Å². The molecule has 1 aromatic rings. The normalized spacial score (nSPS) is 16.1. The Hall–Kier alpha value is -1.96. The van der Waals surface area contributed by atoms with E-state index in [0.29, 0.717) is 6.54 Å². The molecule has 1 fully saturated rings. The van der Waals surface area contributed by atoms with Gasteiger partial charge in [0.25, 0.3) is 0 Å². The molecular weight excluding hydrogens is 262 g/mol. The van der Waals surface area contributed by atoms with Crippen LogP contribution >= 0.6 is 0 Å². The Morgan fingerprint density at radius 3 is 2.75 bits per heavy atom. The summed E-state index contributed by atoms with van der Waals surface area (Å²) in [5.74, 6) is 0.216. The fraction of sp³-hybridized carbons (Fsp3) is 0.667. The second-order valence-corrected chi connectivity index (χ2v) is 4.90. The Bertz CT molecular complexity index is 476. The van der Waals surface area contributed by atoms with E-state index in [1.54, 1.807) is 4.90 Å². The second-order valence-electron chi connectivity index (χ2n) is 4.90. The lowest BCUT2D eigenvalue weighted by molar-refractivity contribution is -0.384. The summed E-state index contributed by atoms with van der Waals surface area (Å²) in [6.07, 6.45) is 6.37. The lowest BCUT2D eigenvalue weighted by Crippen LogP contribution is -2.40. The summed E-state index contributed by atoms with van der Waals surface area (Å²) < 4.78 is 0. The minimum absolute atomic E-state index is 0.00403. The summed E-state index contributed by atoms with van der Waals surface area (Å²) >= 11 is 0. The molecule has 0 saturated heterocycles. The predicted molar refractivity (Wildman–Crippen MR) is 74.4 cm³/mol. The van der Waals surface area contributed by atoms with Crippen LogP contribution in [0.2, 0.25) is 0 Å². The van der Waals surface area contributed by atoms with Crippen molar-refractivity contribution in [2.24, 2.45) is 0 Å². The maximum absolute atomic E-state index is 11.1. The highest BCUT2D eigenvalue weighted by Gasteiger charge is 2.28. The van der Waals surface area contributed by atoms with Gasteiger partial charge < -0.3 is 15.7 Å². The molecule has 1 aliphatic rings. The van der Waals surface area contributed by atoms with Gasteiger partial charge in [-0.3, -0.25) is 10.1 Å². The Kier molecular flexibility index (Phi) is 4.67. The molecule has 1 saturated carbocycles. The molecule has 1 heterocycles. The van der Waals surface area contributed by atoms with Crippen LogP contribution in [0.15, 0.2) is 6.20 Å². The van der Waals surface area contributed by atoms with Crippen molar-refractivity contribution >= 4 is 17.5 Å². The first-order chi connectivity index (χ1) is 9.63. The molecule has 0 spiro atoms. The zero-order chi connectivity index (χ0) is 14.5. The molecule has 8 nitrogen and oxygen atoms in total. The van der Waals surface area contributed by atoms with E-state index >= 15 is 0 Å². The van der Waals surface area contributed by atoms with E-state index in [2.05, 4.69) is 9.97 Å². The average Bonchev–Trinajstić information content (AvgIpc) is 2.45. The van der Waals surface area contributed by atoms with Crippen LogP contribution in [0.25, 0.3) is 0 Å². The highest BCUT2D eigenvalue weighted by atomic mass is 16.6. The molecular formula is C12H19N5O3. The van der Waals surface area contributed by atoms with Gasteiger partial charge >= 0.3 is 5.69 Å². The number of aliphatic hydroxyl groups excluding tert-OH is 1. The maximum Gasteiger partial charge on any atom is 0.329 e. The van der Waals surface area contributed by atoms with Crippen molar-refractivity contribution in [2.45, 2.75) is 38.1 Å². The minimum atomic E-state index is -0.512. The number of nitrogens with zero attached hydrogens (tertiary/aromatic N) is 4. The number of nitro groups is 1. The zero-order valence-electron chi connectivity index (χ0n) is 11.2. The summed E-state index contributed by atoms with van der Waals surface area (Å²) in [6.45, 7) is 0.222. The highest BCUT2D eigenvalue weighted by Crippen LogP contribution is 2.31. The number of hydrogen-bond acceptors (Lipinski definition) is 7. The minimum Gasteiger partial charge on any atom is -0.395 e. The van der Waals surface area contributed by atoms with Gasteiger partial charge in [-0.25, -0.2) is 4.98 Å². The molecule has 8 heteroatoms. The lowest BCUT2D eigenvalue weighted by Gasteiger charge is -2.34. The Balaban J connectivity index is 2.36. The van der Waals surface area contributed by atoms with Gasteiger partial charge in [-0.1, -0.05) is 19.3 Å². The van der Waals surface area contributed by atoms with E-state index in [-0.39, 0.29) is 30.1 Å². The fourth-order valence-electron chi connectivity index (χ4n) is 2.68. The number of nitrogens with two attached hydrogens (primary N) is 1.